The van der Waals surface area contributed by atoms with Gasteiger partial charge in [-0.05, 0) is 25.0 Å². The summed E-state index contributed by atoms with van der Waals surface area (Å²) in [5, 5.41) is 14.6. The highest BCUT2D eigenvalue weighted by Crippen LogP contribution is 2.30. The lowest BCUT2D eigenvalue weighted by Crippen LogP contribution is -2.42. The van der Waals surface area contributed by atoms with E-state index in [4.69, 9.17) is 0 Å². The molecule has 0 radical (unpaired) electrons. The number of hydrogen-bond donors (Lipinski definition) is 1. The minimum atomic E-state index is -0.758. The van der Waals surface area contributed by atoms with Gasteiger partial charge in [0.25, 0.3) is 5.91 Å². The molecule has 3 rings (SSSR count). The van der Waals surface area contributed by atoms with Gasteiger partial charge in [0.1, 0.15) is 6.33 Å². The first kappa shape index (κ1) is 14.7. The zero-order valence-corrected chi connectivity index (χ0v) is 12.6. The van der Waals surface area contributed by atoms with Crippen LogP contribution in [0.15, 0.2) is 36.7 Å². The van der Waals surface area contributed by atoms with Crippen molar-refractivity contribution in [2.75, 3.05) is 13.6 Å². The summed E-state index contributed by atoms with van der Waals surface area (Å²) in [6.45, 7) is 0.325. The Morgan fingerprint density at radius 1 is 1.32 bits per heavy atom. The Balaban J connectivity index is 1.71. The first-order valence-corrected chi connectivity index (χ1v) is 7.52. The summed E-state index contributed by atoms with van der Waals surface area (Å²) in [7, 11) is 1.68. The molecule has 1 aliphatic carbocycles. The molecule has 1 amide bonds. The summed E-state index contributed by atoms with van der Waals surface area (Å²) in [6, 6.07) is 9.52. The van der Waals surface area contributed by atoms with Crippen molar-refractivity contribution in [1.82, 2.24) is 19.7 Å². The number of amides is 1. The molecule has 1 saturated carbocycles. The quantitative estimate of drug-likeness (QED) is 0.932. The van der Waals surface area contributed by atoms with E-state index in [-0.39, 0.29) is 11.7 Å². The fourth-order valence-corrected chi connectivity index (χ4v) is 2.94. The number of carbonyl (C=O) groups is 1. The predicted molar refractivity (Wildman–Crippen MR) is 81.7 cm³/mol. The molecule has 1 aromatic carbocycles. The van der Waals surface area contributed by atoms with Crippen molar-refractivity contribution in [2.45, 2.75) is 31.3 Å². The third-order valence-electron chi connectivity index (χ3n) is 4.12. The van der Waals surface area contributed by atoms with Gasteiger partial charge in [-0.15, -0.1) is 5.10 Å². The van der Waals surface area contributed by atoms with Crippen LogP contribution >= 0.6 is 0 Å². The molecule has 2 aromatic rings. The van der Waals surface area contributed by atoms with E-state index in [0.717, 1.165) is 31.4 Å². The SMILES string of the molecule is CN(CC1(O)CCCC1)C(=O)c1ncn(-c2ccccc2)n1. The molecule has 0 unspecified atom stereocenters. The number of benzene rings is 1. The topological polar surface area (TPSA) is 71.2 Å². The van der Waals surface area contributed by atoms with Gasteiger partial charge in [-0.2, -0.15) is 0 Å². The van der Waals surface area contributed by atoms with Crippen LogP contribution < -0.4 is 0 Å². The van der Waals surface area contributed by atoms with E-state index in [1.54, 1.807) is 11.7 Å². The van der Waals surface area contributed by atoms with Crippen LogP contribution in [0, 0.1) is 0 Å². The molecular weight excluding hydrogens is 280 g/mol. The predicted octanol–water partition coefficient (Wildman–Crippen LogP) is 1.64. The average Bonchev–Trinajstić information content (AvgIpc) is 3.17. The van der Waals surface area contributed by atoms with Crippen LogP contribution in [0.5, 0.6) is 0 Å². The molecule has 1 aliphatic rings. The zero-order chi connectivity index (χ0) is 15.6. The van der Waals surface area contributed by atoms with Crippen LogP contribution in [-0.4, -0.2) is 49.9 Å². The van der Waals surface area contributed by atoms with E-state index in [1.165, 1.54) is 11.2 Å². The third kappa shape index (κ3) is 3.01. The van der Waals surface area contributed by atoms with Crippen molar-refractivity contribution in [1.29, 1.82) is 0 Å². The maximum Gasteiger partial charge on any atom is 0.293 e. The van der Waals surface area contributed by atoms with Gasteiger partial charge < -0.3 is 10.0 Å². The number of aromatic nitrogens is 3. The maximum atomic E-state index is 12.4. The van der Waals surface area contributed by atoms with Gasteiger partial charge in [0.05, 0.1) is 11.3 Å². The van der Waals surface area contributed by atoms with Crippen molar-refractivity contribution in [2.24, 2.45) is 0 Å². The Hall–Kier alpha value is -2.21. The average molecular weight is 300 g/mol. The second kappa shape index (κ2) is 5.88. The molecule has 1 aromatic heterocycles. The Morgan fingerprint density at radius 2 is 2.00 bits per heavy atom. The Kier molecular flexibility index (Phi) is 3.94. The summed E-state index contributed by atoms with van der Waals surface area (Å²) < 4.78 is 1.57. The molecule has 0 bridgehead atoms. The minimum absolute atomic E-state index is 0.146. The van der Waals surface area contributed by atoms with Crippen LogP contribution in [0.2, 0.25) is 0 Å². The standard InChI is InChI=1S/C16H20N4O2/c1-19(11-16(22)9-5-6-10-16)15(21)14-17-12-20(18-14)13-7-3-2-4-8-13/h2-4,7-8,12,22H,5-6,9-11H2,1H3. The summed E-state index contributed by atoms with van der Waals surface area (Å²) >= 11 is 0. The van der Waals surface area contributed by atoms with Crippen LogP contribution in [0.25, 0.3) is 5.69 Å². The number of hydrogen-bond acceptors (Lipinski definition) is 4. The Bertz CT molecular complexity index is 647. The van der Waals surface area contributed by atoms with Crippen molar-refractivity contribution in [3.63, 3.8) is 0 Å². The number of rotatable bonds is 4. The molecular formula is C16H20N4O2. The van der Waals surface area contributed by atoms with Crippen LogP contribution in [0.1, 0.15) is 36.3 Å². The van der Waals surface area contributed by atoms with E-state index in [1.807, 2.05) is 30.3 Å². The molecule has 0 atom stereocenters. The number of nitrogens with zero attached hydrogens (tertiary/aromatic N) is 4. The first-order chi connectivity index (χ1) is 10.6. The summed E-state index contributed by atoms with van der Waals surface area (Å²) in [5.74, 6) is -0.122. The van der Waals surface area contributed by atoms with Crippen molar-refractivity contribution >= 4 is 5.91 Å². The van der Waals surface area contributed by atoms with Gasteiger partial charge in [0.2, 0.25) is 5.82 Å². The number of para-hydroxylation sites is 1. The maximum absolute atomic E-state index is 12.4. The van der Waals surface area contributed by atoms with Crippen molar-refractivity contribution < 1.29 is 9.90 Å². The van der Waals surface area contributed by atoms with Crippen molar-refractivity contribution in [3.8, 4) is 5.69 Å². The molecule has 0 aliphatic heterocycles. The fourth-order valence-electron chi connectivity index (χ4n) is 2.94. The van der Waals surface area contributed by atoms with Crippen LogP contribution in [0.4, 0.5) is 0 Å². The zero-order valence-electron chi connectivity index (χ0n) is 12.6. The number of carbonyl (C=O) groups excluding carboxylic acids is 1. The summed E-state index contributed by atoms with van der Waals surface area (Å²) in [5.41, 5.74) is 0.0954. The van der Waals surface area contributed by atoms with Crippen molar-refractivity contribution in [3.05, 3.63) is 42.5 Å². The lowest BCUT2D eigenvalue weighted by atomic mass is 10.0. The molecule has 0 saturated heterocycles. The fraction of sp³-hybridized carbons (Fsp3) is 0.438. The second-order valence-corrected chi connectivity index (χ2v) is 5.94. The molecule has 22 heavy (non-hydrogen) atoms. The van der Waals surface area contributed by atoms with Gasteiger partial charge in [-0.3, -0.25) is 4.79 Å². The smallest absolute Gasteiger partial charge is 0.293 e. The summed E-state index contributed by atoms with van der Waals surface area (Å²) in [6.07, 6.45) is 5.05. The van der Waals surface area contributed by atoms with Gasteiger partial charge in [0.15, 0.2) is 0 Å². The highest BCUT2D eigenvalue weighted by molar-refractivity contribution is 5.90. The number of aliphatic hydroxyl groups is 1. The van der Waals surface area contributed by atoms with E-state index in [9.17, 15) is 9.90 Å². The Labute approximate surface area is 129 Å². The minimum Gasteiger partial charge on any atom is -0.388 e. The first-order valence-electron chi connectivity index (χ1n) is 7.52. The molecule has 116 valence electrons. The highest BCUT2D eigenvalue weighted by atomic mass is 16.3. The molecule has 1 fully saturated rings. The Morgan fingerprint density at radius 3 is 2.68 bits per heavy atom. The van der Waals surface area contributed by atoms with E-state index in [0.29, 0.717) is 6.54 Å². The highest BCUT2D eigenvalue weighted by Gasteiger charge is 2.34. The largest absolute Gasteiger partial charge is 0.388 e. The normalized spacial score (nSPS) is 16.6. The van der Waals surface area contributed by atoms with E-state index < -0.39 is 5.60 Å². The monoisotopic (exact) mass is 300 g/mol. The lowest BCUT2D eigenvalue weighted by Gasteiger charge is -2.27. The summed E-state index contributed by atoms with van der Waals surface area (Å²) in [4.78, 5) is 18.0. The third-order valence-corrected chi connectivity index (χ3v) is 4.12. The van der Waals surface area contributed by atoms with Gasteiger partial charge >= 0.3 is 0 Å². The van der Waals surface area contributed by atoms with Gasteiger partial charge in [0, 0.05) is 13.6 Å². The van der Waals surface area contributed by atoms with Crippen LogP contribution in [-0.2, 0) is 0 Å². The van der Waals surface area contributed by atoms with Gasteiger partial charge in [-0.1, -0.05) is 31.0 Å². The molecule has 6 heteroatoms. The van der Waals surface area contributed by atoms with E-state index >= 15 is 0 Å². The second-order valence-electron chi connectivity index (χ2n) is 5.94. The van der Waals surface area contributed by atoms with Gasteiger partial charge in [-0.25, -0.2) is 9.67 Å². The number of likely N-dealkylation sites (N-methyl/N-ethyl adjacent to an activating group) is 1. The van der Waals surface area contributed by atoms with Crippen LogP contribution in [0.3, 0.4) is 0 Å². The molecule has 6 nitrogen and oxygen atoms in total. The molecule has 1 N–H and O–H groups in total. The van der Waals surface area contributed by atoms with E-state index in [2.05, 4.69) is 10.1 Å². The molecule has 1 heterocycles. The lowest BCUT2D eigenvalue weighted by molar-refractivity contribution is 0.0152. The molecule has 0 spiro atoms.